The number of para-hydroxylation sites is 1. The molecule has 112 valence electrons. The molecular weight excluding hydrogens is 268 g/mol. The number of likely N-dealkylation sites (N-methyl/N-ethyl adjacent to an activating group) is 1. The van der Waals surface area contributed by atoms with Crippen molar-refractivity contribution in [1.82, 2.24) is 4.90 Å². The Labute approximate surface area is 132 Å². The van der Waals surface area contributed by atoms with Crippen LogP contribution in [0.1, 0.15) is 34.6 Å². The van der Waals surface area contributed by atoms with E-state index in [0.29, 0.717) is 12.0 Å². The molecule has 0 saturated carbocycles. The van der Waals surface area contributed by atoms with Crippen LogP contribution in [0.5, 0.6) is 0 Å². The van der Waals surface area contributed by atoms with Gasteiger partial charge in [0.1, 0.15) is 0 Å². The zero-order chi connectivity index (χ0) is 14.7. The minimum absolute atomic E-state index is 0.693. The summed E-state index contributed by atoms with van der Waals surface area (Å²) in [4.78, 5) is 5.23. The molecule has 1 fully saturated rings. The summed E-state index contributed by atoms with van der Waals surface area (Å²) in [7, 11) is 2.27. The fraction of sp³-hybridized carbons (Fsp3) is 0.400. The third-order valence-electron chi connectivity index (χ3n) is 5.86. The average molecular weight is 290 g/mol. The van der Waals surface area contributed by atoms with Crippen molar-refractivity contribution in [1.29, 1.82) is 0 Å². The number of fused-ring (bicyclic) bond motifs is 4. The summed E-state index contributed by atoms with van der Waals surface area (Å²) in [5.74, 6) is 0.693. The fourth-order valence-electron chi connectivity index (χ4n) is 4.82. The molecule has 1 saturated heterocycles. The smallest absolute Gasteiger partial charge is 0.0444 e. The quantitative estimate of drug-likeness (QED) is 0.734. The summed E-state index contributed by atoms with van der Waals surface area (Å²) < 4.78 is 0. The normalized spacial score (nSPS) is 26.1. The summed E-state index contributed by atoms with van der Waals surface area (Å²) in [5, 5.41) is 0. The van der Waals surface area contributed by atoms with Gasteiger partial charge in [0.05, 0.1) is 0 Å². The number of hydrogen-bond acceptors (Lipinski definition) is 2. The van der Waals surface area contributed by atoms with Gasteiger partial charge in [-0.15, -0.1) is 0 Å². The highest BCUT2D eigenvalue weighted by Crippen LogP contribution is 2.48. The molecule has 0 aliphatic carbocycles. The fourth-order valence-corrected chi connectivity index (χ4v) is 4.82. The minimum Gasteiger partial charge on any atom is -0.363 e. The Kier molecular flexibility index (Phi) is 2.66. The molecule has 0 aromatic heterocycles. The van der Waals surface area contributed by atoms with E-state index < -0.39 is 0 Å². The van der Waals surface area contributed by atoms with Gasteiger partial charge in [0, 0.05) is 30.7 Å². The lowest BCUT2D eigenvalue weighted by Gasteiger charge is -2.37. The highest BCUT2D eigenvalue weighted by atomic mass is 15.2. The Morgan fingerprint density at radius 1 is 0.955 bits per heavy atom. The van der Waals surface area contributed by atoms with Crippen molar-refractivity contribution in [2.24, 2.45) is 0 Å². The van der Waals surface area contributed by atoms with E-state index in [9.17, 15) is 0 Å². The summed E-state index contributed by atoms with van der Waals surface area (Å²) in [6, 6.07) is 16.7. The molecule has 2 aromatic rings. The summed E-state index contributed by atoms with van der Waals surface area (Å²) in [6.45, 7) is 3.52. The lowest BCUT2D eigenvalue weighted by molar-refractivity contribution is 0.231. The van der Waals surface area contributed by atoms with Crippen molar-refractivity contribution in [3.8, 4) is 0 Å². The van der Waals surface area contributed by atoms with Crippen LogP contribution in [0, 0.1) is 0 Å². The first kappa shape index (κ1) is 12.7. The molecule has 22 heavy (non-hydrogen) atoms. The number of likely N-dealkylation sites (tertiary alicyclic amines) is 1. The predicted octanol–water partition coefficient (Wildman–Crippen LogP) is 3.40. The molecule has 0 amide bonds. The maximum absolute atomic E-state index is 2.73. The van der Waals surface area contributed by atoms with Crippen molar-refractivity contribution >= 4 is 5.69 Å². The molecule has 2 atom stereocenters. The van der Waals surface area contributed by atoms with E-state index >= 15 is 0 Å². The van der Waals surface area contributed by atoms with Crippen molar-refractivity contribution in [3.05, 3.63) is 64.7 Å². The summed E-state index contributed by atoms with van der Waals surface area (Å²) in [6.07, 6.45) is 2.38. The maximum Gasteiger partial charge on any atom is 0.0444 e. The zero-order valence-electron chi connectivity index (χ0n) is 13.1. The molecular formula is C20H22N2. The molecule has 2 nitrogen and oxygen atoms in total. The molecule has 0 unspecified atom stereocenters. The van der Waals surface area contributed by atoms with Gasteiger partial charge in [-0.1, -0.05) is 42.5 Å². The van der Waals surface area contributed by atoms with Gasteiger partial charge in [0.15, 0.2) is 0 Å². The van der Waals surface area contributed by atoms with Crippen molar-refractivity contribution in [3.63, 3.8) is 0 Å². The molecule has 5 rings (SSSR count). The van der Waals surface area contributed by atoms with Crippen LogP contribution >= 0.6 is 0 Å². The van der Waals surface area contributed by atoms with Crippen LogP contribution in [0.15, 0.2) is 42.5 Å². The Balaban J connectivity index is 1.69. The number of piperidine rings is 1. The number of rotatable bonds is 0. The molecule has 0 bridgehead atoms. The molecule has 0 radical (unpaired) electrons. The van der Waals surface area contributed by atoms with Gasteiger partial charge >= 0.3 is 0 Å². The van der Waals surface area contributed by atoms with E-state index in [4.69, 9.17) is 0 Å². The van der Waals surface area contributed by atoms with Gasteiger partial charge in [-0.2, -0.15) is 0 Å². The van der Waals surface area contributed by atoms with E-state index in [-0.39, 0.29) is 0 Å². The van der Waals surface area contributed by atoms with Crippen LogP contribution < -0.4 is 4.90 Å². The first-order valence-corrected chi connectivity index (χ1v) is 8.45. The topological polar surface area (TPSA) is 6.48 Å². The minimum atomic E-state index is 0.693. The molecule has 0 spiro atoms. The lowest BCUT2D eigenvalue weighted by atomic mass is 9.88. The van der Waals surface area contributed by atoms with Crippen molar-refractivity contribution in [2.45, 2.75) is 31.3 Å². The number of nitrogens with zero attached hydrogens (tertiary/aromatic N) is 2. The molecule has 3 heterocycles. The molecule has 2 heteroatoms. The third-order valence-corrected chi connectivity index (χ3v) is 5.86. The van der Waals surface area contributed by atoms with Crippen molar-refractivity contribution in [2.75, 3.05) is 25.0 Å². The van der Waals surface area contributed by atoms with Crippen LogP contribution in [0.3, 0.4) is 0 Å². The van der Waals surface area contributed by atoms with Gasteiger partial charge < -0.3 is 9.80 Å². The molecule has 2 aromatic carbocycles. The van der Waals surface area contributed by atoms with Crippen molar-refractivity contribution < 1.29 is 0 Å². The summed E-state index contributed by atoms with van der Waals surface area (Å²) in [5.41, 5.74) is 7.71. The molecule has 3 aliphatic rings. The Morgan fingerprint density at radius 3 is 2.68 bits per heavy atom. The van der Waals surface area contributed by atoms with Crippen LogP contribution in [-0.4, -0.2) is 31.1 Å². The number of hydrogen-bond donors (Lipinski definition) is 0. The summed E-state index contributed by atoms with van der Waals surface area (Å²) >= 11 is 0. The van der Waals surface area contributed by atoms with E-state index in [1.165, 1.54) is 36.2 Å². The maximum atomic E-state index is 2.73. The standard InChI is InChI=1S/C20H22N2/c1-21-10-9-19-18(13-21)17-8-4-7-15-11-14-5-2-3-6-16(14)12-22(19)20(15)17/h2-8,18-19H,9-13H2,1H3/t18-,19+/m0/s1. The second-order valence-electron chi connectivity index (χ2n) is 7.15. The third kappa shape index (κ3) is 1.70. The highest BCUT2D eigenvalue weighted by Gasteiger charge is 2.42. The lowest BCUT2D eigenvalue weighted by Crippen LogP contribution is -2.44. The van der Waals surface area contributed by atoms with Gasteiger partial charge in [0.2, 0.25) is 0 Å². The molecule has 0 N–H and O–H groups in total. The monoisotopic (exact) mass is 290 g/mol. The van der Waals surface area contributed by atoms with Crippen LogP contribution in [0.4, 0.5) is 5.69 Å². The van der Waals surface area contributed by atoms with E-state index in [0.717, 1.165) is 13.0 Å². The van der Waals surface area contributed by atoms with Gasteiger partial charge in [-0.3, -0.25) is 0 Å². The largest absolute Gasteiger partial charge is 0.363 e. The average Bonchev–Trinajstić information content (AvgIpc) is 2.73. The van der Waals surface area contributed by atoms with Crippen LogP contribution in [0.2, 0.25) is 0 Å². The van der Waals surface area contributed by atoms with Crippen LogP contribution in [-0.2, 0) is 13.0 Å². The predicted molar refractivity (Wildman–Crippen MR) is 90.5 cm³/mol. The molecule has 3 aliphatic heterocycles. The van der Waals surface area contributed by atoms with Gasteiger partial charge in [-0.25, -0.2) is 0 Å². The Morgan fingerprint density at radius 2 is 1.77 bits per heavy atom. The first-order valence-electron chi connectivity index (χ1n) is 8.45. The Hall–Kier alpha value is -1.80. The van der Waals surface area contributed by atoms with Crippen LogP contribution in [0.25, 0.3) is 0 Å². The number of benzene rings is 2. The van der Waals surface area contributed by atoms with E-state index in [1.807, 2.05) is 0 Å². The zero-order valence-corrected chi connectivity index (χ0v) is 13.1. The highest BCUT2D eigenvalue weighted by molar-refractivity contribution is 5.69. The number of anilines is 1. The van der Waals surface area contributed by atoms with Gasteiger partial charge in [0.25, 0.3) is 0 Å². The van der Waals surface area contributed by atoms with E-state index in [1.54, 1.807) is 11.3 Å². The second-order valence-corrected chi connectivity index (χ2v) is 7.15. The van der Waals surface area contributed by atoms with E-state index in [2.05, 4.69) is 59.3 Å². The SMILES string of the molecule is CN1CC[C@@H]2[C@@H](C1)c1cccc3c1N2Cc1ccccc1C3. The Bertz CT molecular complexity index is 736. The second kappa shape index (κ2) is 4.60. The first-order chi connectivity index (χ1) is 10.8. The van der Waals surface area contributed by atoms with Gasteiger partial charge in [-0.05, 0) is 48.7 Å².